The Morgan fingerprint density at radius 3 is 1.90 bits per heavy atom. The minimum atomic E-state index is -3.03. The molecule has 0 amide bonds. The van der Waals surface area contributed by atoms with Crippen molar-refractivity contribution in [3.8, 4) is 0 Å². The molecule has 1 aromatic rings. The SMILES string of the molecule is O=S(=O)(Cc1ccccc1)C12CC3CC(CC(C3)C1)C2. The van der Waals surface area contributed by atoms with Gasteiger partial charge in [0.15, 0.2) is 9.84 Å². The van der Waals surface area contributed by atoms with Crippen LogP contribution < -0.4 is 0 Å². The first-order valence-electron chi connectivity index (χ1n) is 7.83. The minimum Gasteiger partial charge on any atom is -0.228 e. The van der Waals surface area contributed by atoms with Gasteiger partial charge in [0.05, 0.1) is 10.5 Å². The Labute approximate surface area is 121 Å². The number of benzene rings is 1. The van der Waals surface area contributed by atoms with Gasteiger partial charge >= 0.3 is 0 Å². The van der Waals surface area contributed by atoms with E-state index in [9.17, 15) is 8.42 Å². The van der Waals surface area contributed by atoms with E-state index in [2.05, 4.69) is 0 Å². The second kappa shape index (κ2) is 4.33. The molecule has 0 saturated heterocycles. The molecule has 0 unspecified atom stereocenters. The molecule has 1 aromatic carbocycles. The first-order chi connectivity index (χ1) is 9.56. The standard InChI is InChI=1S/C17H22O2S/c18-20(19,12-13-4-2-1-3-5-13)17-9-14-6-15(10-17)8-16(7-14)11-17/h1-5,14-16H,6-12H2. The van der Waals surface area contributed by atoms with Crippen LogP contribution in [0.3, 0.4) is 0 Å². The third kappa shape index (κ3) is 1.93. The lowest BCUT2D eigenvalue weighted by atomic mass is 9.56. The second-order valence-electron chi connectivity index (χ2n) is 7.35. The highest BCUT2D eigenvalue weighted by Gasteiger charge is 2.56. The molecule has 20 heavy (non-hydrogen) atoms. The monoisotopic (exact) mass is 290 g/mol. The number of sulfone groups is 1. The summed E-state index contributed by atoms with van der Waals surface area (Å²) in [7, 11) is -3.03. The van der Waals surface area contributed by atoms with Gasteiger partial charge in [-0.15, -0.1) is 0 Å². The van der Waals surface area contributed by atoms with E-state index in [1.54, 1.807) is 0 Å². The van der Waals surface area contributed by atoms with Crippen LogP contribution in [0.15, 0.2) is 30.3 Å². The number of hydrogen-bond acceptors (Lipinski definition) is 2. The maximum absolute atomic E-state index is 13.1. The van der Waals surface area contributed by atoms with Crippen LogP contribution in [0.2, 0.25) is 0 Å². The number of rotatable bonds is 3. The molecule has 0 heterocycles. The third-order valence-electron chi connectivity index (χ3n) is 5.84. The second-order valence-corrected chi connectivity index (χ2v) is 9.73. The molecular weight excluding hydrogens is 268 g/mol. The molecule has 3 heteroatoms. The van der Waals surface area contributed by atoms with Gasteiger partial charge in [-0.1, -0.05) is 30.3 Å². The molecule has 2 nitrogen and oxygen atoms in total. The molecule has 4 bridgehead atoms. The smallest absolute Gasteiger partial charge is 0.160 e. The molecule has 4 aliphatic carbocycles. The molecule has 4 aliphatic rings. The summed E-state index contributed by atoms with van der Waals surface area (Å²) in [5.74, 6) is 2.30. The van der Waals surface area contributed by atoms with E-state index in [1.165, 1.54) is 19.3 Å². The lowest BCUT2D eigenvalue weighted by molar-refractivity contribution is 0.0338. The molecule has 4 saturated carbocycles. The van der Waals surface area contributed by atoms with Gasteiger partial charge in [0.2, 0.25) is 0 Å². The maximum atomic E-state index is 13.1. The summed E-state index contributed by atoms with van der Waals surface area (Å²) in [5, 5.41) is 0. The normalized spacial score (nSPS) is 39.1. The molecule has 108 valence electrons. The van der Waals surface area contributed by atoms with Crippen molar-refractivity contribution in [2.75, 3.05) is 0 Å². The lowest BCUT2D eigenvalue weighted by Gasteiger charge is -2.56. The quantitative estimate of drug-likeness (QED) is 0.853. The van der Waals surface area contributed by atoms with Gasteiger partial charge in [-0.2, -0.15) is 0 Å². The molecule has 0 aromatic heterocycles. The van der Waals surface area contributed by atoms with Gasteiger partial charge < -0.3 is 0 Å². The van der Waals surface area contributed by atoms with Gasteiger partial charge in [0, 0.05) is 0 Å². The molecule has 5 rings (SSSR count). The van der Waals surface area contributed by atoms with Crippen LogP contribution in [0.4, 0.5) is 0 Å². The number of hydrogen-bond donors (Lipinski definition) is 0. The van der Waals surface area contributed by atoms with E-state index in [1.807, 2.05) is 30.3 Å². The highest BCUT2D eigenvalue weighted by Crippen LogP contribution is 2.59. The van der Waals surface area contributed by atoms with Crippen LogP contribution in [-0.2, 0) is 15.6 Å². The Hall–Kier alpha value is -0.830. The van der Waals surface area contributed by atoms with Crippen molar-refractivity contribution in [1.82, 2.24) is 0 Å². The van der Waals surface area contributed by atoms with E-state index < -0.39 is 9.84 Å². The van der Waals surface area contributed by atoms with E-state index in [-0.39, 0.29) is 10.5 Å². The summed E-state index contributed by atoms with van der Waals surface area (Å²) in [4.78, 5) is 0. The van der Waals surface area contributed by atoms with E-state index >= 15 is 0 Å². The van der Waals surface area contributed by atoms with Crippen molar-refractivity contribution in [2.45, 2.75) is 49.0 Å². The molecular formula is C17H22O2S. The Kier molecular flexibility index (Phi) is 2.79. The zero-order valence-electron chi connectivity index (χ0n) is 11.8. The maximum Gasteiger partial charge on any atom is 0.160 e. The summed E-state index contributed by atoms with van der Waals surface area (Å²) in [6, 6.07) is 9.70. The van der Waals surface area contributed by atoms with Crippen molar-refractivity contribution < 1.29 is 8.42 Å². The average molecular weight is 290 g/mol. The Morgan fingerprint density at radius 2 is 1.40 bits per heavy atom. The average Bonchev–Trinajstić information content (AvgIpc) is 2.37. The Bertz CT molecular complexity index is 568. The first-order valence-corrected chi connectivity index (χ1v) is 9.48. The zero-order valence-corrected chi connectivity index (χ0v) is 12.6. The van der Waals surface area contributed by atoms with Crippen molar-refractivity contribution in [3.63, 3.8) is 0 Å². The minimum absolute atomic E-state index is 0.236. The zero-order chi connectivity index (χ0) is 13.8. The van der Waals surface area contributed by atoms with Crippen LogP contribution >= 0.6 is 0 Å². The van der Waals surface area contributed by atoms with Gasteiger partial charge in [-0.05, 0) is 61.8 Å². The van der Waals surface area contributed by atoms with E-state index in [0.29, 0.717) is 17.8 Å². The van der Waals surface area contributed by atoms with Gasteiger partial charge in [0.25, 0.3) is 0 Å². The van der Waals surface area contributed by atoms with Crippen molar-refractivity contribution in [1.29, 1.82) is 0 Å². The van der Waals surface area contributed by atoms with E-state index in [0.717, 1.165) is 24.8 Å². The molecule has 0 aliphatic heterocycles. The summed E-state index contributed by atoms with van der Waals surface area (Å²) < 4.78 is 25.7. The van der Waals surface area contributed by atoms with Crippen LogP contribution in [0.1, 0.15) is 44.1 Å². The predicted molar refractivity (Wildman–Crippen MR) is 80.0 cm³/mol. The van der Waals surface area contributed by atoms with Crippen LogP contribution in [0.5, 0.6) is 0 Å². The summed E-state index contributed by atoms with van der Waals surface area (Å²) in [6.07, 6.45) is 6.69. The highest BCUT2D eigenvalue weighted by atomic mass is 32.2. The Balaban J connectivity index is 1.66. The fourth-order valence-corrected chi connectivity index (χ4v) is 7.77. The lowest BCUT2D eigenvalue weighted by Crippen LogP contribution is -2.55. The van der Waals surface area contributed by atoms with Crippen molar-refractivity contribution in [2.24, 2.45) is 17.8 Å². The summed E-state index contributed by atoms with van der Waals surface area (Å²) in [5.41, 5.74) is 0.947. The molecule has 0 atom stereocenters. The van der Waals surface area contributed by atoms with Gasteiger partial charge in [-0.25, -0.2) is 8.42 Å². The van der Waals surface area contributed by atoms with Crippen molar-refractivity contribution >= 4 is 9.84 Å². The Morgan fingerprint density at radius 1 is 0.900 bits per heavy atom. The third-order valence-corrected chi connectivity index (χ3v) is 8.37. The summed E-state index contributed by atoms with van der Waals surface area (Å²) in [6.45, 7) is 0. The largest absolute Gasteiger partial charge is 0.228 e. The van der Waals surface area contributed by atoms with Crippen LogP contribution in [0.25, 0.3) is 0 Å². The topological polar surface area (TPSA) is 34.1 Å². The predicted octanol–water partition coefficient (Wildman–Crippen LogP) is 3.57. The van der Waals surface area contributed by atoms with Gasteiger partial charge in [-0.3, -0.25) is 0 Å². The molecule has 4 fully saturated rings. The molecule has 0 N–H and O–H groups in total. The summed E-state index contributed by atoms with van der Waals surface area (Å²) >= 11 is 0. The van der Waals surface area contributed by atoms with Crippen molar-refractivity contribution in [3.05, 3.63) is 35.9 Å². The fourth-order valence-electron chi connectivity index (χ4n) is 5.36. The molecule has 0 spiro atoms. The first kappa shape index (κ1) is 12.9. The fraction of sp³-hybridized carbons (Fsp3) is 0.647. The van der Waals surface area contributed by atoms with Crippen LogP contribution in [0, 0.1) is 17.8 Å². The van der Waals surface area contributed by atoms with E-state index in [4.69, 9.17) is 0 Å². The van der Waals surface area contributed by atoms with Crippen LogP contribution in [-0.4, -0.2) is 13.2 Å². The van der Waals surface area contributed by atoms with Gasteiger partial charge in [0.1, 0.15) is 0 Å². The highest BCUT2D eigenvalue weighted by molar-refractivity contribution is 7.92. The molecule has 0 radical (unpaired) electrons.